The van der Waals surface area contributed by atoms with Crippen molar-refractivity contribution in [2.24, 2.45) is 0 Å². The van der Waals surface area contributed by atoms with Gasteiger partial charge >= 0.3 is 0 Å². The number of unbranched alkanes of at least 4 members (excludes halogenated alkanes) is 2. The number of hydrogen-bond acceptors (Lipinski definition) is 0. The molecule has 0 aliphatic carbocycles. The molecule has 0 heteroatoms. The summed E-state index contributed by atoms with van der Waals surface area (Å²) >= 11 is 0. The summed E-state index contributed by atoms with van der Waals surface area (Å²) in [6.45, 7) is 24.8. The molecule has 1 aromatic carbocycles. The first kappa shape index (κ1) is 22.4. The fraction of sp³-hybridized carbons (Fsp3) is 0.500. The normalized spacial score (nSPS) is 11.2. The van der Waals surface area contributed by atoms with Gasteiger partial charge in [-0.2, -0.15) is 0 Å². The van der Waals surface area contributed by atoms with Gasteiger partial charge in [-0.25, -0.2) is 0 Å². The van der Waals surface area contributed by atoms with E-state index in [9.17, 15) is 0 Å². The molecule has 0 spiro atoms. The van der Waals surface area contributed by atoms with Gasteiger partial charge in [0.1, 0.15) is 0 Å². The predicted octanol–water partition coefficient (Wildman–Crippen LogP) is 6.28. The van der Waals surface area contributed by atoms with E-state index in [2.05, 4.69) is 65.6 Å². The third kappa shape index (κ3) is 8.91. The molecule has 0 aliphatic heterocycles. The number of benzene rings is 1. The molecule has 0 radical (unpaired) electrons. The summed E-state index contributed by atoms with van der Waals surface area (Å²) in [7, 11) is 0. The van der Waals surface area contributed by atoms with Crippen molar-refractivity contribution in [1.82, 2.24) is 0 Å². The van der Waals surface area contributed by atoms with E-state index >= 15 is 0 Å². The van der Waals surface area contributed by atoms with E-state index in [0.29, 0.717) is 5.92 Å². The van der Waals surface area contributed by atoms with Crippen LogP contribution in [0.5, 0.6) is 0 Å². The zero-order valence-electron chi connectivity index (χ0n) is 17.0. The second-order valence-corrected chi connectivity index (χ2v) is 7.24. The standard InChI is InChI=1S/C20H30.C4H8/c1-7-9-10-11-19-13-17(6)20(14-16(19)5)18(8-2)12-15(3)4;1-4(2)3/h12-14,18H,5-11H2,1-4H3;1H2,2-3H3/t18-;/m0./s1. The van der Waals surface area contributed by atoms with E-state index in [0.717, 1.165) is 12.8 Å². The summed E-state index contributed by atoms with van der Waals surface area (Å²) < 4.78 is 0. The highest BCUT2D eigenvalue weighted by Crippen LogP contribution is 2.19. The van der Waals surface area contributed by atoms with Crippen LogP contribution in [0, 0.1) is 0 Å². The Balaban J connectivity index is 0.00000118. The Kier molecular flexibility index (Phi) is 11.1. The van der Waals surface area contributed by atoms with Crippen LogP contribution in [0.2, 0.25) is 0 Å². The molecule has 1 atom stereocenters. The molecule has 1 aromatic rings. The van der Waals surface area contributed by atoms with E-state index in [1.807, 2.05) is 13.8 Å². The minimum Gasteiger partial charge on any atom is -0.100 e. The molecular formula is C24H38. The molecule has 0 nitrogen and oxygen atoms in total. The average molecular weight is 327 g/mol. The van der Waals surface area contributed by atoms with Crippen LogP contribution in [-0.4, -0.2) is 0 Å². The maximum absolute atomic E-state index is 4.27. The van der Waals surface area contributed by atoms with E-state index in [1.165, 1.54) is 52.0 Å². The zero-order valence-corrected chi connectivity index (χ0v) is 17.0. The Hall–Kier alpha value is -1.56. The predicted molar refractivity (Wildman–Crippen MR) is 113 cm³/mol. The molecule has 0 saturated carbocycles. The van der Waals surface area contributed by atoms with Crippen molar-refractivity contribution in [2.75, 3.05) is 0 Å². The topological polar surface area (TPSA) is 0 Å². The summed E-state index contributed by atoms with van der Waals surface area (Å²) in [5, 5.41) is 2.36. The van der Waals surface area contributed by atoms with Gasteiger partial charge < -0.3 is 0 Å². The van der Waals surface area contributed by atoms with Crippen molar-refractivity contribution in [3.05, 3.63) is 57.5 Å². The van der Waals surface area contributed by atoms with Crippen molar-refractivity contribution in [3.8, 4) is 0 Å². The SMILES string of the molecule is C=C(C)C.C=c1cc([C@H](C=C(C)C)CC)c(=C)cc1CCCCC. The number of rotatable bonds is 7. The first-order valence-electron chi connectivity index (χ1n) is 9.30. The molecular weight excluding hydrogens is 288 g/mol. The number of allylic oxidation sites excluding steroid dienone is 3. The van der Waals surface area contributed by atoms with Crippen LogP contribution in [0.4, 0.5) is 0 Å². The van der Waals surface area contributed by atoms with Gasteiger partial charge in [-0.1, -0.05) is 69.2 Å². The fourth-order valence-corrected chi connectivity index (χ4v) is 2.73. The van der Waals surface area contributed by atoms with Gasteiger partial charge in [0.25, 0.3) is 0 Å². The zero-order chi connectivity index (χ0) is 18.7. The molecule has 0 aliphatic rings. The molecule has 0 amide bonds. The lowest BCUT2D eigenvalue weighted by Crippen LogP contribution is -2.20. The third-order valence-electron chi connectivity index (χ3n) is 3.88. The Morgan fingerprint density at radius 3 is 2.04 bits per heavy atom. The second kappa shape index (κ2) is 11.9. The van der Waals surface area contributed by atoms with Crippen LogP contribution in [0.3, 0.4) is 0 Å². The summed E-state index contributed by atoms with van der Waals surface area (Å²) in [4.78, 5) is 0. The Morgan fingerprint density at radius 1 is 1.00 bits per heavy atom. The Morgan fingerprint density at radius 2 is 1.58 bits per heavy atom. The third-order valence-corrected chi connectivity index (χ3v) is 3.88. The summed E-state index contributed by atoms with van der Waals surface area (Å²) in [5.41, 5.74) is 5.26. The smallest absolute Gasteiger partial charge is 0.00237 e. The Labute approximate surface area is 150 Å². The van der Waals surface area contributed by atoms with Crippen LogP contribution >= 0.6 is 0 Å². The highest BCUT2D eigenvalue weighted by Gasteiger charge is 2.08. The highest BCUT2D eigenvalue weighted by molar-refractivity contribution is 5.34. The molecule has 0 fully saturated rings. The maximum Gasteiger partial charge on any atom is 0.00237 e. The lowest BCUT2D eigenvalue weighted by atomic mass is 9.90. The molecule has 24 heavy (non-hydrogen) atoms. The van der Waals surface area contributed by atoms with E-state index < -0.39 is 0 Å². The fourth-order valence-electron chi connectivity index (χ4n) is 2.73. The first-order valence-corrected chi connectivity index (χ1v) is 9.30. The maximum atomic E-state index is 4.27. The number of hydrogen-bond donors (Lipinski definition) is 0. The lowest BCUT2D eigenvalue weighted by Gasteiger charge is -2.14. The van der Waals surface area contributed by atoms with Crippen molar-refractivity contribution in [1.29, 1.82) is 0 Å². The van der Waals surface area contributed by atoms with E-state index in [4.69, 9.17) is 0 Å². The monoisotopic (exact) mass is 326 g/mol. The van der Waals surface area contributed by atoms with Gasteiger partial charge in [-0.15, -0.1) is 6.58 Å². The van der Waals surface area contributed by atoms with Crippen LogP contribution < -0.4 is 10.4 Å². The quantitative estimate of drug-likeness (QED) is 0.408. The van der Waals surface area contributed by atoms with Crippen LogP contribution in [0.1, 0.15) is 84.3 Å². The lowest BCUT2D eigenvalue weighted by molar-refractivity contribution is 0.714. The van der Waals surface area contributed by atoms with Crippen LogP contribution in [0.25, 0.3) is 13.2 Å². The molecule has 1 rings (SSSR count). The van der Waals surface area contributed by atoms with Crippen molar-refractivity contribution >= 4 is 13.2 Å². The molecule has 0 saturated heterocycles. The summed E-state index contributed by atoms with van der Waals surface area (Å²) in [6.07, 6.45) is 8.41. The van der Waals surface area contributed by atoms with Crippen LogP contribution in [-0.2, 0) is 6.42 Å². The molecule has 0 heterocycles. The molecule has 0 bridgehead atoms. The average Bonchev–Trinajstić information content (AvgIpc) is 2.47. The molecule has 0 unspecified atom stereocenters. The number of aryl methyl sites for hydroxylation is 1. The van der Waals surface area contributed by atoms with Crippen molar-refractivity contribution < 1.29 is 0 Å². The largest absolute Gasteiger partial charge is 0.100 e. The van der Waals surface area contributed by atoms with Gasteiger partial charge in [0.2, 0.25) is 0 Å². The van der Waals surface area contributed by atoms with Gasteiger partial charge in [-0.3, -0.25) is 0 Å². The van der Waals surface area contributed by atoms with Gasteiger partial charge in [-0.05, 0) is 68.5 Å². The van der Waals surface area contributed by atoms with Gasteiger partial charge in [0.15, 0.2) is 0 Å². The Bertz CT molecular complexity index is 623. The van der Waals surface area contributed by atoms with Crippen LogP contribution in [0.15, 0.2) is 35.9 Å². The van der Waals surface area contributed by atoms with Crippen molar-refractivity contribution in [2.45, 2.75) is 79.6 Å². The van der Waals surface area contributed by atoms with E-state index in [1.54, 1.807) is 0 Å². The summed E-state index contributed by atoms with van der Waals surface area (Å²) in [6, 6.07) is 4.52. The first-order chi connectivity index (χ1) is 11.2. The van der Waals surface area contributed by atoms with Gasteiger partial charge in [0, 0.05) is 5.92 Å². The minimum absolute atomic E-state index is 0.470. The minimum atomic E-state index is 0.470. The van der Waals surface area contributed by atoms with Crippen molar-refractivity contribution in [3.63, 3.8) is 0 Å². The molecule has 0 aromatic heterocycles. The molecule has 134 valence electrons. The van der Waals surface area contributed by atoms with E-state index in [-0.39, 0.29) is 0 Å². The summed E-state index contributed by atoms with van der Waals surface area (Å²) in [5.74, 6) is 0.470. The highest BCUT2D eigenvalue weighted by atomic mass is 14.1. The second-order valence-electron chi connectivity index (χ2n) is 7.24. The van der Waals surface area contributed by atoms with Gasteiger partial charge in [0.05, 0.1) is 0 Å². The molecule has 0 N–H and O–H groups in total.